The number of furan rings is 1. The molecule has 0 fully saturated rings. The number of rotatable bonds is 7. The van der Waals surface area contributed by atoms with Crippen LogP contribution in [0.5, 0.6) is 11.5 Å². The number of carbonyl (C=O) groups excluding carboxylic acids is 1. The molecular weight excluding hydrogens is 410 g/mol. The molecule has 0 aliphatic rings. The van der Waals surface area contributed by atoms with Gasteiger partial charge in [-0.15, -0.1) is 0 Å². The normalized spacial score (nSPS) is 10.7. The Kier molecular flexibility index (Phi) is 6.03. The smallest absolute Gasteiger partial charge is 0.345 e. The maximum Gasteiger partial charge on any atom is 0.345 e. The van der Waals surface area contributed by atoms with Crippen molar-refractivity contribution in [1.82, 2.24) is 15.3 Å². The summed E-state index contributed by atoms with van der Waals surface area (Å²) in [6.07, 6.45) is 1.55. The summed E-state index contributed by atoms with van der Waals surface area (Å²) < 4.78 is 10.7. The van der Waals surface area contributed by atoms with Crippen LogP contribution >= 0.6 is 0 Å². The zero-order chi connectivity index (χ0) is 22.5. The number of aryl methyl sites for hydroxylation is 1. The molecule has 0 saturated heterocycles. The first-order chi connectivity index (χ1) is 15.5. The summed E-state index contributed by atoms with van der Waals surface area (Å²) in [6, 6.07) is 17.4. The predicted octanol–water partition coefficient (Wildman–Crippen LogP) is 3.41. The van der Waals surface area contributed by atoms with Gasteiger partial charge in [-0.2, -0.15) is 4.98 Å². The van der Waals surface area contributed by atoms with Crippen molar-refractivity contribution in [2.24, 2.45) is 0 Å². The number of ether oxygens (including phenoxy) is 1. The molecule has 0 radical (unpaired) electrons. The van der Waals surface area contributed by atoms with Crippen LogP contribution in [-0.2, 0) is 11.3 Å². The summed E-state index contributed by atoms with van der Waals surface area (Å²) in [5.74, 6) is 1.10. The van der Waals surface area contributed by atoms with Crippen molar-refractivity contribution in [3.63, 3.8) is 0 Å². The maximum absolute atomic E-state index is 12.1. The lowest BCUT2D eigenvalue weighted by Crippen LogP contribution is -2.28. The van der Waals surface area contributed by atoms with Gasteiger partial charge in [0.25, 0.3) is 5.91 Å². The number of amides is 1. The van der Waals surface area contributed by atoms with Crippen LogP contribution in [0.25, 0.3) is 22.5 Å². The van der Waals surface area contributed by atoms with Crippen LogP contribution in [-0.4, -0.2) is 27.6 Å². The second-order valence-electron chi connectivity index (χ2n) is 7.16. The van der Waals surface area contributed by atoms with Crippen LogP contribution in [0.4, 0.5) is 0 Å². The van der Waals surface area contributed by atoms with E-state index in [1.54, 1.807) is 73.9 Å². The van der Waals surface area contributed by atoms with Gasteiger partial charge in [0.2, 0.25) is 0 Å². The van der Waals surface area contributed by atoms with E-state index in [4.69, 9.17) is 9.15 Å². The zero-order valence-corrected chi connectivity index (χ0v) is 17.3. The van der Waals surface area contributed by atoms with Gasteiger partial charge in [0.05, 0.1) is 24.2 Å². The SMILES string of the molecule is Cc1cc(-c2cc(-c3ccc(OCC(=O)NCc4ccco4)cc3)[nH]c(=O)n2)ccc1O. The van der Waals surface area contributed by atoms with Crippen LogP contribution in [0.3, 0.4) is 0 Å². The molecule has 0 unspecified atom stereocenters. The molecule has 32 heavy (non-hydrogen) atoms. The first-order valence-corrected chi connectivity index (χ1v) is 9.91. The van der Waals surface area contributed by atoms with E-state index in [-0.39, 0.29) is 18.3 Å². The van der Waals surface area contributed by atoms with E-state index in [1.807, 2.05) is 0 Å². The lowest BCUT2D eigenvalue weighted by Gasteiger charge is -2.09. The largest absolute Gasteiger partial charge is 0.508 e. The molecule has 0 spiro atoms. The number of hydrogen-bond donors (Lipinski definition) is 3. The summed E-state index contributed by atoms with van der Waals surface area (Å²) in [5, 5.41) is 12.4. The molecule has 4 aromatic rings. The quantitative estimate of drug-likeness (QED) is 0.413. The summed E-state index contributed by atoms with van der Waals surface area (Å²) in [6.45, 7) is 1.95. The highest BCUT2D eigenvalue weighted by Gasteiger charge is 2.09. The number of benzene rings is 2. The minimum Gasteiger partial charge on any atom is -0.508 e. The number of carbonyl (C=O) groups is 1. The van der Waals surface area contributed by atoms with Crippen molar-refractivity contribution in [3.05, 3.63) is 88.7 Å². The van der Waals surface area contributed by atoms with E-state index in [0.717, 1.165) is 11.1 Å². The van der Waals surface area contributed by atoms with Gasteiger partial charge < -0.3 is 24.6 Å². The van der Waals surface area contributed by atoms with Crippen molar-refractivity contribution in [1.29, 1.82) is 0 Å². The Morgan fingerprint density at radius 1 is 1.12 bits per heavy atom. The van der Waals surface area contributed by atoms with Gasteiger partial charge in [0.1, 0.15) is 17.3 Å². The number of hydrogen-bond acceptors (Lipinski definition) is 6. The van der Waals surface area contributed by atoms with Crippen LogP contribution < -0.4 is 15.7 Å². The van der Waals surface area contributed by atoms with Gasteiger partial charge in [-0.05, 0) is 78.7 Å². The molecule has 0 aliphatic carbocycles. The monoisotopic (exact) mass is 431 g/mol. The summed E-state index contributed by atoms with van der Waals surface area (Å²) >= 11 is 0. The number of H-pyrrole nitrogens is 1. The van der Waals surface area contributed by atoms with Crippen LogP contribution in [0.15, 0.2) is 76.1 Å². The lowest BCUT2D eigenvalue weighted by atomic mass is 10.1. The molecule has 3 N–H and O–H groups in total. The van der Waals surface area contributed by atoms with Gasteiger partial charge in [-0.3, -0.25) is 4.79 Å². The third kappa shape index (κ3) is 5.04. The lowest BCUT2D eigenvalue weighted by molar-refractivity contribution is -0.123. The standard InChI is InChI=1S/C24H21N3O5/c1-15-11-17(6-9-22(15)28)21-12-20(26-24(30)27-21)16-4-7-18(8-5-16)32-14-23(29)25-13-19-3-2-10-31-19/h2-12,28H,13-14H2,1H3,(H,25,29)(H,26,27,30). The predicted molar refractivity (Wildman–Crippen MR) is 118 cm³/mol. The highest BCUT2D eigenvalue weighted by atomic mass is 16.5. The summed E-state index contributed by atoms with van der Waals surface area (Å²) in [4.78, 5) is 30.8. The summed E-state index contributed by atoms with van der Waals surface area (Å²) in [7, 11) is 0. The third-order valence-electron chi connectivity index (χ3n) is 4.81. The van der Waals surface area contributed by atoms with Crippen molar-refractivity contribution < 1.29 is 19.1 Å². The molecule has 2 heterocycles. The number of nitrogens with zero attached hydrogens (tertiary/aromatic N) is 1. The Morgan fingerprint density at radius 3 is 2.62 bits per heavy atom. The molecule has 0 saturated carbocycles. The van der Waals surface area contributed by atoms with Crippen LogP contribution in [0.1, 0.15) is 11.3 Å². The van der Waals surface area contributed by atoms with Crippen LogP contribution in [0.2, 0.25) is 0 Å². The number of nitrogens with one attached hydrogen (secondary N) is 2. The molecule has 2 aromatic heterocycles. The van der Waals surface area contributed by atoms with E-state index in [2.05, 4.69) is 15.3 Å². The number of phenolic OH excluding ortho intramolecular Hbond substituents is 1. The first-order valence-electron chi connectivity index (χ1n) is 9.91. The van der Waals surface area contributed by atoms with E-state index in [1.165, 1.54) is 0 Å². The molecule has 0 bridgehead atoms. The number of phenols is 1. The second kappa shape index (κ2) is 9.22. The molecule has 8 heteroatoms. The Bertz CT molecular complexity index is 1280. The fraction of sp³-hybridized carbons (Fsp3) is 0.125. The Balaban J connectivity index is 1.43. The Labute approximate surface area is 183 Å². The number of aromatic nitrogens is 2. The van der Waals surface area contributed by atoms with Gasteiger partial charge >= 0.3 is 5.69 Å². The van der Waals surface area contributed by atoms with E-state index in [9.17, 15) is 14.7 Å². The number of aromatic amines is 1. The highest BCUT2D eigenvalue weighted by Crippen LogP contribution is 2.26. The maximum atomic E-state index is 12.1. The van der Waals surface area contributed by atoms with E-state index >= 15 is 0 Å². The van der Waals surface area contributed by atoms with Gasteiger partial charge in [-0.1, -0.05) is 0 Å². The van der Waals surface area contributed by atoms with Gasteiger partial charge in [0, 0.05) is 5.56 Å². The Hall–Kier alpha value is -4.33. The van der Waals surface area contributed by atoms with Crippen molar-refractivity contribution in [3.8, 4) is 34.0 Å². The topological polar surface area (TPSA) is 117 Å². The molecule has 1 amide bonds. The molecular formula is C24H21N3O5. The van der Waals surface area contributed by atoms with E-state index in [0.29, 0.717) is 35.0 Å². The highest BCUT2D eigenvalue weighted by molar-refractivity contribution is 5.77. The summed E-state index contributed by atoms with van der Waals surface area (Å²) in [5.41, 5.74) is 2.80. The molecule has 4 rings (SSSR count). The first kappa shape index (κ1) is 20.9. The minimum absolute atomic E-state index is 0.128. The second-order valence-corrected chi connectivity index (χ2v) is 7.16. The fourth-order valence-electron chi connectivity index (χ4n) is 3.11. The van der Waals surface area contributed by atoms with Crippen molar-refractivity contribution >= 4 is 5.91 Å². The van der Waals surface area contributed by atoms with Crippen molar-refractivity contribution in [2.45, 2.75) is 13.5 Å². The zero-order valence-electron chi connectivity index (χ0n) is 17.3. The number of aromatic hydroxyl groups is 1. The van der Waals surface area contributed by atoms with Crippen molar-refractivity contribution in [2.75, 3.05) is 6.61 Å². The average molecular weight is 431 g/mol. The third-order valence-corrected chi connectivity index (χ3v) is 4.81. The molecule has 0 aliphatic heterocycles. The average Bonchev–Trinajstić information content (AvgIpc) is 3.32. The molecule has 162 valence electrons. The Morgan fingerprint density at radius 2 is 1.91 bits per heavy atom. The molecule has 2 aromatic carbocycles. The minimum atomic E-state index is -0.475. The van der Waals surface area contributed by atoms with Gasteiger partial charge in [-0.25, -0.2) is 4.79 Å². The van der Waals surface area contributed by atoms with Gasteiger partial charge in [0.15, 0.2) is 6.61 Å². The van der Waals surface area contributed by atoms with Crippen LogP contribution in [0, 0.1) is 6.92 Å². The van der Waals surface area contributed by atoms with E-state index < -0.39 is 5.69 Å². The fourth-order valence-corrected chi connectivity index (χ4v) is 3.11. The molecule has 8 nitrogen and oxygen atoms in total. The molecule has 0 atom stereocenters.